The minimum atomic E-state index is -1.04. The molecule has 1 fully saturated rings. The van der Waals surface area contributed by atoms with Crippen molar-refractivity contribution < 1.29 is 39.5 Å². The van der Waals surface area contributed by atoms with Gasteiger partial charge >= 0.3 is 11.9 Å². The van der Waals surface area contributed by atoms with Crippen molar-refractivity contribution in [2.45, 2.75) is 192 Å². The third kappa shape index (κ3) is 23.6. The van der Waals surface area contributed by atoms with Gasteiger partial charge in [0.25, 0.3) is 0 Å². The van der Waals surface area contributed by atoms with Crippen LogP contribution in [-0.2, 0) is 19.1 Å². The second-order valence-corrected chi connectivity index (χ2v) is 14.0. The molecule has 0 aromatic carbocycles. The molecule has 280 valence electrons. The van der Waals surface area contributed by atoms with E-state index in [-0.39, 0.29) is 37.4 Å². The van der Waals surface area contributed by atoms with Gasteiger partial charge in [-0.15, -0.1) is 0 Å². The van der Waals surface area contributed by atoms with Crippen molar-refractivity contribution in [2.24, 2.45) is 11.8 Å². The summed E-state index contributed by atoms with van der Waals surface area (Å²) in [4.78, 5) is 24.0. The molecule has 8 nitrogen and oxygen atoms in total. The van der Waals surface area contributed by atoms with Crippen molar-refractivity contribution in [1.82, 2.24) is 0 Å². The minimum Gasteiger partial charge on any atom is -0.463 e. The summed E-state index contributed by atoms with van der Waals surface area (Å²) in [6.07, 6.45) is 29.0. The molecule has 0 amide bonds. The molecule has 8 heteroatoms. The lowest BCUT2D eigenvalue weighted by Crippen LogP contribution is -2.25. The maximum atomic E-state index is 12.1. The van der Waals surface area contributed by atoms with Crippen LogP contribution in [0.5, 0.6) is 0 Å². The molecule has 0 radical (unpaired) electrons. The highest BCUT2D eigenvalue weighted by atomic mass is 16.6. The molecule has 4 N–H and O–H groups in total. The molecule has 1 aliphatic rings. The second-order valence-electron chi connectivity index (χ2n) is 14.0. The van der Waals surface area contributed by atoms with Gasteiger partial charge in [0, 0.05) is 25.2 Å². The normalized spacial score (nSPS) is 20.9. The highest BCUT2D eigenvalue weighted by Gasteiger charge is 2.39. The van der Waals surface area contributed by atoms with E-state index in [2.05, 4.69) is 13.8 Å². The zero-order chi connectivity index (χ0) is 35.2. The molecule has 6 atom stereocenters. The summed E-state index contributed by atoms with van der Waals surface area (Å²) in [5, 5.41) is 41.1. The quantitative estimate of drug-likeness (QED) is 0.0327. The monoisotopic (exact) mass is 681 g/mol. The summed E-state index contributed by atoms with van der Waals surface area (Å²) in [5.74, 6) is -1.05. The summed E-state index contributed by atoms with van der Waals surface area (Å²) >= 11 is 0. The average Bonchev–Trinajstić information content (AvgIpc) is 3.34. The van der Waals surface area contributed by atoms with E-state index in [1.807, 2.05) is 18.2 Å². The largest absolute Gasteiger partial charge is 0.463 e. The first-order valence-electron chi connectivity index (χ1n) is 19.6. The lowest BCUT2D eigenvalue weighted by atomic mass is 9.89. The van der Waals surface area contributed by atoms with Gasteiger partial charge in [-0.25, -0.2) is 0 Å². The maximum absolute atomic E-state index is 12.1. The van der Waals surface area contributed by atoms with Gasteiger partial charge in [0.15, 0.2) is 0 Å². The molecule has 0 heterocycles. The van der Waals surface area contributed by atoms with Gasteiger partial charge in [-0.3, -0.25) is 9.59 Å². The van der Waals surface area contributed by atoms with Crippen molar-refractivity contribution in [3.63, 3.8) is 0 Å². The Labute approximate surface area is 292 Å². The fourth-order valence-electron chi connectivity index (χ4n) is 6.43. The predicted molar refractivity (Wildman–Crippen MR) is 193 cm³/mol. The van der Waals surface area contributed by atoms with E-state index in [9.17, 15) is 30.0 Å². The van der Waals surface area contributed by atoms with Crippen LogP contribution in [0.2, 0.25) is 0 Å². The van der Waals surface area contributed by atoms with Gasteiger partial charge in [0.2, 0.25) is 0 Å². The van der Waals surface area contributed by atoms with Crippen LogP contribution in [0.25, 0.3) is 0 Å². The van der Waals surface area contributed by atoms with Gasteiger partial charge in [-0.05, 0) is 38.0 Å². The third-order valence-electron chi connectivity index (χ3n) is 9.51. The molecule has 0 saturated heterocycles. The zero-order valence-corrected chi connectivity index (χ0v) is 30.6. The molecule has 1 saturated carbocycles. The Kier molecular flexibility index (Phi) is 27.8. The Morgan fingerprint density at radius 1 is 0.667 bits per heavy atom. The number of carbonyl (C=O) groups is 2. The first-order chi connectivity index (χ1) is 23.3. The van der Waals surface area contributed by atoms with E-state index in [1.54, 1.807) is 6.08 Å². The number of rotatable bonds is 31. The summed E-state index contributed by atoms with van der Waals surface area (Å²) < 4.78 is 10.3. The van der Waals surface area contributed by atoms with E-state index in [1.165, 1.54) is 70.6 Å². The van der Waals surface area contributed by atoms with E-state index in [4.69, 9.17) is 9.47 Å². The van der Waals surface area contributed by atoms with Crippen LogP contribution in [0.3, 0.4) is 0 Å². The molecule has 48 heavy (non-hydrogen) atoms. The lowest BCUT2D eigenvalue weighted by molar-refractivity contribution is -0.152. The maximum Gasteiger partial charge on any atom is 0.305 e. The van der Waals surface area contributed by atoms with E-state index in [0.29, 0.717) is 38.5 Å². The molecular weight excluding hydrogens is 608 g/mol. The first kappa shape index (κ1) is 44.3. The van der Waals surface area contributed by atoms with Crippen LogP contribution in [0.15, 0.2) is 24.3 Å². The third-order valence-corrected chi connectivity index (χ3v) is 9.51. The topological polar surface area (TPSA) is 134 Å². The highest BCUT2D eigenvalue weighted by Crippen LogP contribution is 2.36. The molecular formula is C40H72O8. The smallest absolute Gasteiger partial charge is 0.305 e. The molecule has 0 aromatic rings. The fraction of sp³-hybridized carbons (Fsp3) is 0.850. The fourth-order valence-corrected chi connectivity index (χ4v) is 6.43. The van der Waals surface area contributed by atoms with Crippen LogP contribution in [-0.4, -0.2) is 70.0 Å². The number of aliphatic hydroxyl groups is 4. The van der Waals surface area contributed by atoms with Crippen molar-refractivity contribution in [3.05, 3.63) is 24.3 Å². The van der Waals surface area contributed by atoms with Crippen molar-refractivity contribution in [1.29, 1.82) is 0 Å². The van der Waals surface area contributed by atoms with Crippen LogP contribution in [0.1, 0.15) is 168 Å². The van der Waals surface area contributed by atoms with Crippen molar-refractivity contribution >= 4 is 11.9 Å². The molecule has 0 unspecified atom stereocenters. The number of carbonyl (C=O) groups excluding carboxylic acids is 2. The number of ether oxygens (including phenoxy) is 2. The minimum absolute atomic E-state index is 0.116. The van der Waals surface area contributed by atoms with Gasteiger partial charge in [0.05, 0.1) is 18.3 Å². The van der Waals surface area contributed by atoms with Crippen molar-refractivity contribution in [3.8, 4) is 0 Å². The zero-order valence-electron chi connectivity index (χ0n) is 30.6. The van der Waals surface area contributed by atoms with Crippen LogP contribution in [0, 0.1) is 11.8 Å². The van der Waals surface area contributed by atoms with E-state index < -0.39 is 30.4 Å². The van der Waals surface area contributed by atoms with Gasteiger partial charge in [0.1, 0.15) is 19.3 Å². The molecule has 0 spiro atoms. The Balaban J connectivity index is 2.05. The standard InChI is InChI=1S/C40H72O8/c1-3-5-7-8-9-10-11-12-13-14-15-16-17-22-26-39(45)47-31-34(42)32-48-40(46)27-23-19-18-21-25-35-36(38(44)30-37(35)43)29-28-33(41)24-20-6-4-2/h18,21,28-29,33-38,41-44H,3-17,19-20,22-27,30-32H2,1-2H3/b21-18+,29-28+/t33-,34-,35+,36+,37-,38+/m0/s1. The Bertz CT molecular complexity index is 843. The number of esters is 2. The molecule has 0 aromatic heterocycles. The molecule has 0 aliphatic heterocycles. The number of allylic oxidation sites excluding steroid dienone is 2. The summed E-state index contributed by atoms with van der Waals surface area (Å²) in [6, 6.07) is 0. The average molecular weight is 681 g/mol. The van der Waals surface area contributed by atoms with Crippen LogP contribution in [0.4, 0.5) is 0 Å². The summed E-state index contributed by atoms with van der Waals surface area (Å²) in [7, 11) is 0. The SMILES string of the molecule is CCCCCCCCCCCCCCCCC(=O)OC[C@H](O)COC(=O)CCC/C=C/C[C@@H]1[C@@H](/C=C/[C@@H](O)CCCCC)[C@H](O)C[C@@H]1O. The summed E-state index contributed by atoms with van der Waals surface area (Å²) in [5.41, 5.74) is 0. The number of aliphatic hydroxyl groups excluding tert-OH is 4. The van der Waals surface area contributed by atoms with Gasteiger partial charge < -0.3 is 29.9 Å². The first-order valence-corrected chi connectivity index (χ1v) is 19.6. The van der Waals surface area contributed by atoms with Crippen LogP contribution < -0.4 is 0 Å². The second kappa shape index (κ2) is 30.1. The van der Waals surface area contributed by atoms with E-state index in [0.717, 1.165) is 38.5 Å². The molecule has 0 bridgehead atoms. The molecule has 1 aliphatic carbocycles. The number of unbranched alkanes of at least 4 members (excludes halogenated alkanes) is 16. The lowest BCUT2D eigenvalue weighted by Gasteiger charge is -2.19. The van der Waals surface area contributed by atoms with Crippen molar-refractivity contribution in [2.75, 3.05) is 13.2 Å². The Morgan fingerprint density at radius 3 is 1.73 bits per heavy atom. The van der Waals surface area contributed by atoms with E-state index >= 15 is 0 Å². The predicted octanol–water partition coefficient (Wildman–Crippen LogP) is 8.28. The number of hydrogen-bond acceptors (Lipinski definition) is 8. The number of hydrogen-bond donors (Lipinski definition) is 4. The Hall–Kier alpha value is -1.74. The van der Waals surface area contributed by atoms with Crippen LogP contribution >= 0.6 is 0 Å². The highest BCUT2D eigenvalue weighted by molar-refractivity contribution is 5.69. The van der Waals surface area contributed by atoms with Gasteiger partial charge in [-0.1, -0.05) is 141 Å². The summed E-state index contributed by atoms with van der Waals surface area (Å²) in [6.45, 7) is 4.00. The van der Waals surface area contributed by atoms with Gasteiger partial charge in [-0.2, -0.15) is 0 Å². The Morgan fingerprint density at radius 2 is 1.17 bits per heavy atom. The molecule has 1 rings (SSSR count).